The fourth-order valence-corrected chi connectivity index (χ4v) is 2.75. The first kappa shape index (κ1) is 12.8. The van der Waals surface area contributed by atoms with Crippen LogP contribution in [-0.4, -0.2) is 47.4 Å². The van der Waals surface area contributed by atoms with Gasteiger partial charge in [0.2, 0.25) is 0 Å². The number of halogens is 1. The van der Waals surface area contributed by atoms with Crippen LogP contribution in [0.25, 0.3) is 5.65 Å². The van der Waals surface area contributed by atoms with E-state index in [1.54, 1.807) is 0 Å². The Morgan fingerprint density at radius 2 is 2.11 bits per heavy atom. The van der Waals surface area contributed by atoms with Crippen molar-refractivity contribution < 1.29 is 4.74 Å². The lowest BCUT2D eigenvalue weighted by molar-refractivity contribution is 0.122. The van der Waals surface area contributed by atoms with Crippen LogP contribution in [0.15, 0.2) is 16.7 Å². The van der Waals surface area contributed by atoms with Crippen LogP contribution in [0.4, 0.5) is 5.82 Å². The van der Waals surface area contributed by atoms with Crippen LogP contribution in [0.5, 0.6) is 0 Å². The Balaban J connectivity index is 1.97. The van der Waals surface area contributed by atoms with Crippen molar-refractivity contribution in [2.24, 2.45) is 5.73 Å². The van der Waals surface area contributed by atoms with Crippen molar-refractivity contribution >= 4 is 27.4 Å². The van der Waals surface area contributed by atoms with E-state index in [1.807, 2.05) is 16.6 Å². The van der Waals surface area contributed by atoms with Gasteiger partial charge in [0.05, 0.1) is 18.9 Å². The van der Waals surface area contributed by atoms with Crippen molar-refractivity contribution in [1.29, 1.82) is 0 Å². The number of rotatable bonds is 3. The SMILES string of the molecule is NCCc1nc2ccc(N3CCOCC3)nn2c1Br. The molecule has 0 aliphatic carbocycles. The summed E-state index contributed by atoms with van der Waals surface area (Å²) in [5.74, 6) is 0.952. The molecule has 1 aliphatic heterocycles. The number of anilines is 1. The average Bonchev–Trinajstić information content (AvgIpc) is 2.77. The molecule has 3 rings (SSSR count). The number of hydrogen-bond donors (Lipinski definition) is 1. The van der Waals surface area contributed by atoms with E-state index < -0.39 is 0 Å². The zero-order valence-electron chi connectivity index (χ0n) is 10.5. The summed E-state index contributed by atoms with van der Waals surface area (Å²) in [4.78, 5) is 6.74. The molecule has 102 valence electrons. The Hall–Kier alpha value is -1.18. The third-order valence-electron chi connectivity index (χ3n) is 3.19. The van der Waals surface area contributed by atoms with E-state index in [9.17, 15) is 0 Å². The number of nitrogens with two attached hydrogens (primary N) is 1. The highest BCUT2D eigenvalue weighted by atomic mass is 79.9. The van der Waals surface area contributed by atoms with Crippen molar-refractivity contribution in [1.82, 2.24) is 14.6 Å². The summed E-state index contributed by atoms with van der Waals surface area (Å²) >= 11 is 3.55. The molecule has 0 bridgehead atoms. The maximum atomic E-state index is 5.59. The first-order valence-electron chi connectivity index (χ1n) is 6.36. The molecule has 0 amide bonds. The topological polar surface area (TPSA) is 68.7 Å². The van der Waals surface area contributed by atoms with Gasteiger partial charge in [0.25, 0.3) is 0 Å². The minimum absolute atomic E-state index is 0.582. The Bertz CT molecular complexity index is 579. The first-order chi connectivity index (χ1) is 9.29. The van der Waals surface area contributed by atoms with Crippen LogP contribution >= 0.6 is 15.9 Å². The van der Waals surface area contributed by atoms with Gasteiger partial charge in [0.15, 0.2) is 5.65 Å². The lowest BCUT2D eigenvalue weighted by atomic mass is 10.3. The minimum atomic E-state index is 0.582. The number of imidazole rings is 1. The maximum Gasteiger partial charge on any atom is 0.155 e. The Kier molecular flexibility index (Phi) is 3.67. The molecular formula is C12H16BrN5O. The molecule has 1 saturated heterocycles. The average molecular weight is 326 g/mol. The number of nitrogens with zero attached hydrogens (tertiary/aromatic N) is 4. The molecule has 0 aromatic carbocycles. The first-order valence-corrected chi connectivity index (χ1v) is 7.16. The van der Waals surface area contributed by atoms with E-state index >= 15 is 0 Å². The summed E-state index contributed by atoms with van der Waals surface area (Å²) in [6, 6.07) is 3.99. The van der Waals surface area contributed by atoms with Crippen LogP contribution in [0, 0.1) is 0 Å². The number of fused-ring (bicyclic) bond motifs is 1. The van der Waals surface area contributed by atoms with Crippen molar-refractivity contribution in [2.75, 3.05) is 37.7 Å². The van der Waals surface area contributed by atoms with Gasteiger partial charge < -0.3 is 15.4 Å². The van der Waals surface area contributed by atoms with E-state index in [4.69, 9.17) is 10.5 Å². The van der Waals surface area contributed by atoms with Crippen molar-refractivity contribution in [3.8, 4) is 0 Å². The lowest BCUT2D eigenvalue weighted by Crippen LogP contribution is -2.37. The fourth-order valence-electron chi connectivity index (χ4n) is 2.20. The number of morpholine rings is 1. The molecule has 7 heteroatoms. The van der Waals surface area contributed by atoms with Crippen LogP contribution in [-0.2, 0) is 11.2 Å². The molecule has 0 atom stereocenters. The zero-order chi connectivity index (χ0) is 13.2. The quantitative estimate of drug-likeness (QED) is 0.905. The summed E-state index contributed by atoms with van der Waals surface area (Å²) in [5.41, 5.74) is 7.38. The summed E-state index contributed by atoms with van der Waals surface area (Å²) in [5, 5.41) is 4.64. The normalized spacial score (nSPS) is 16.2. The second kappa shape index (κ2) is 5.44. The molecule has 2 aromatic rings. The Morgan fingerprint density at radius 1 is 1.32 bits per heavy atom. The number of hydrogen-bond acceptors (Lipinski definition) is 5. The Morgan fingerprint density at radius 3 is 2.84 bits per heavy atom. The lowest BCUT2D eigenvalue weighted by Gasteiger charge is -2.27. The summed E-state index contributed by atoms with van der Waals surface area (Å²) < 4.78 is 8.08. The molecule has 0 spiro atoms. The minimum Gasteiger partial charge on any atom is -0.378 e. The summed E-state index contributed by atoms with van der Waals surface area (Å²) in [6.07, 6.45) is 0.747. The van der Waals surface area contributed by atoms with Gasteiger partial charge in [0, 0.05) is 19.5 Å². The van der Waals surface area contributed by atoms with Gasteiger partial charge in [-0.25, -0.2) is 9.50 Å². The molecule has 2 N–H and O–H groups in total. The van der Waals surface area contributed by atoms with E-state index in [0.717, 1.165) is 54.5 Å². The second-order valence-electron chi connectivity index (χ2n) is 4.45. The molecule has 0 unspecified atom stereocenters. The van der Waals surface area contributed by atoms with Gasteiger partial charge in [0.1, 0.15) is 10.4 Å². The monoisotopic (exact) mass is 325 g/mol. The van der Waals surface area contributed by atoms with Crippen LogP contribution in [0.1, 0.15) is 5.69 Å². The maximum absolute atomic E-state index is 5.59. The molecular weight excluding hydrogens is 310 g/mol. The van der Waals surface area contributed by atoms with E-state index in [1.165, 1.54) is 0 Å². The predicted molar refractivity (Wildman–Crippen MR) is 76.5 cm³/mol. The number of aromatic nitrogens is 3. The molecule has 2 aromatic heterocycles. The molecule has 1 aliphatic rings. The molecule has 0 radical (unpaired) electrons. The predicted octanol–water partition coefficient (Wildman–Crippen LogP) is 0.830. The molecule has 19 heavy (non-hydrogen) atoms. The van der Waals surface area contributed by atoms with Gasteiger partial charge in [-0.3, -0.25) is 0 Å². The van der Waals surface area contributed by atoms with E-state index in [2.05, 4.69) is 30.9 Å². The van der Waals surface area contributed by atoms with Crippen molar-refractivity contribution in [3.05, 3.63) is 22.4 Å². The van der Waals surface area contributed by atoms with Gasteiger partial charge in [-0.2, -0.15) is 0 Å². The summed E-state index contributed by atoms with van der Waals surface area (Å²) in [7, 11) is 0. The summed E-state index contributed by atoms with van der Waals surface area (Å²) in [6.45, 7) is 3.84. The molecule has 6 nitrogen and oxygen atoms in total. The van der Waals surface area contributed by atoms with E-state index in [-0.39, 0.29) is 0 Å². The third-order valence-corrected chi connectivity index (χ3v) is 3.98. The van der Waals surface area contributed by atoms with Crippen LogP contribution in [0.2, 0.25) is 0 Å². The van der Waals surface area contributed by atoms with Crippen molar-refractivity contribution in [2.45, 2.75) is 6.42 Å². The van der Waals surface area contributed by atoms with Gasteiger partial charge in [-0.15, -0.1) is 5.10 Å². The second-order valence-corrected chi connectivity index (χ2v) is 5.20. The highest BCUT2D eigenvalue weighted by Gasteiger charge is 2.15. The Labute approximate surface area is 119 Å². The standard InChI is InChI=1S/C12H16BrN5O/c13-12-9(3-4-14)15-10-1-2-11(16-18(10)12)17-5-7-19-8-6-17/h1-2H,3-8,14H2. The fraction of sp³-hybridized carbons (Fsp3) is 0.500. The smallest absolute Gasteiger partial charge is 0.155 e. The van der Waals surface area contributed by atoms with Gasteiger partial charge in [-0.1, -0.05) is 0 Å². The largest absolute Gasteiger partial charge is 0.378 e. The zero-order valence-corrected chi connectivity index (χ0v) is 12.1. The van der Waals surface area contributed by atoms with Crippen LogP contribution < -0.4 is 10.6 Å². The molecule has 1 fully saturated rings. The van der Waals surface area contributed by atoms with Gasteiger partial charge >= 0.3 is 0 Å². The third kappa shape index (κ3) is 2.45. The molecule has 3 heterocycles. The highest BCUT2D eigenvalue weighted by Crippen LogP contribution is 2.21. The van der Waals surface area contributed by atoms with E-state index in [0.29, 0.717) is 6.54 Å². The number of ether oxygens (including phenoxy) is 1. The highest BCUT2D eigenvalue weighted by molar-refractivity contribution is 9.10. The van der Waals surface area contributed by atoms with Crippen LogP contribution in [0.3, 0.4) is 0 Å². The van der Waals surface area contributed by atoms with Crippen molar-refractivity contribution in [3.63, 3.8) is 0 Å². The molecule has 0 saturated carbocycles. The van der Waals surface area contributed by atoms with Gasteiger partial charge in [-0.05, 0) is 34.6 Å².